The van der Waals surface area contributed by atoms with Gasteiger partial charge in [-0.3, -0.25) is 5.43 Å². The summed E-state index contributed by atoms with van der Waals surface area (Å²) in [5.41, 5.74) is 7.85. The van der Waals surface area contributed by atoms with Crippen LogP contribution in [-0.2, 0) is 11.3 Å². The van der Waals surface area contributed by atoms with E-state index in [0.29, 0.717) is 22.7 Å². The van der Waals surface area contributed by atoms with E-state index in [-0.39, 0.29) is 5.82 Å². The number of halogens is 1. The number of benzene rings is 1. The third-order valence-electron chi connectivity index (χ3n) is 5.00. The van der Waals surface area contributed by atoms with E-state index >= 15 is 0 Å². The lowest BCUT2D eigenvalue weighted by Crippen LogP contribution is -2.25. The summed E-state index contributed by atoms with van der Waals surface area (Å²) in [6.45, 7) is 6.02. The fraction of sp³-hybridized carbons (Fsp3) is 0.400. The van der Waals surface area contributed by atoms with Gasteiger partial charge in [-0.2, -0.15) is 5.10 Å². The Morgan fingerprint density at radius 1 is 1.37 bits per heavy atom. The van der Waals surface area contributed by atoms with Crippen LogP contribution in [-0.4, -0.2) is 33.9 Å². The summed E-state index contributed by atoms with van der Waals surface area (Å²) in [5, 5.41) is 5.11. The zero-order chi connectivity index (χ0) is 18.8. The minimum Gasteiger partial charge on any atom is -0.376 e. The fourth-order valence-electron chi connectivity index (χ4n) is 3.53. The number of ether oxygens (including phenoxy) is 1. The molecule has 5 nitrogen and oxygen atoms in total. The molecular formula is C20H23FN4OS. The van der Waals surface area contributed by atoms with E-state index in [1.54, 1.807) is 18.2 Å². The van der Waals surface area contributed by atoms with Crippen LogP contribution in [0, 0.1) is 19.7 Å². The third-order valence-corrected chi connectivity index (χ3v) is 5.88. The van der Waals surface area contributed by atoms with E-state index in [4.69, 9.17) is 4.74 Å². The molecule has 1 saturated heterocycles. The Kier molecular flexibility index (Phi) is 5.31. The summed E-state index contributed by atoms with van der Waals surface area (Å²) < 4.78 is 21.9. The van der Waals surface area contributed by atoms with Gasteiger partial charge in [0.15, 0.2) is 5.17 Å². The molecule has 0 spiro atoms. The predicted molar refractivity (Wildman–Crippen MR) is 109 cm³/mol. The number of aromatic nitrogens is 1. The number of hydrogen-bond donors (Lipinski definition) is 1. The number of rotatable bonds is 4. The number of hydrazone groups is 1. The number of amidine groups is 1. The van der Waals surface area contributed by atoms with Crippen molar-refractivity contribution in [3.8, 4) is 0 Å². The summed E-state index contributed by atoms with van der Waals surface area (Å²) in [6, 6.07) is 8.67. The van der Waals surface area contributed by atoms with Gasteiger partial charge in [0.2, 0.25) is 0 Å². The maximum Gasteiger partial charge on any atom is 0.182 e. The largest absolute Gasteiger partial charge is 0.376 e. The van der Waals surface area contributed by atoms with Crippen molar-refractivity contribution in [2.45, 2.75) is 39.3 Å². The number of nitrogens with zero attached hydrogens (tertiary/aromatic N) is 3. The predicted octanol–water partition coefficient (Wildman–Crippen LogP) is 4.15. The van der Waals surface area contributed by atoms with Crippen LogP contribution in [0.5, 0.6) is 0 Å². The summed E-state index contributed by atoms with van der Waals surface area (Å²) >= 11 is 1.53. The molecule has 7 heteroatoms. The first-order chi connectivity index (χ1) is 13.1. The SMILES string of the molecule is Cc1cc(C2=NNC(=Nc3ccccc3F)SC2)c(C)n1C[C@@H]1CCCO1. The Balaban J connectivity index is 1.52. The average Bonchev–Trinajstić information content (AvgIpc) is 3.28. The highest BCUT2D eigenvalue weighted by atomic mass is 32.2. The lowest BCUT2D eigenvalue weighted by Gasteiger charge is -2.17. The summed E-state index contributed by atoms with van der Waals surface area (Å²) in [5.74, 6) is 0.365. The molecule has 2 aliphatic rings. The Morgan fingerprint density at radius 2 is 2.22 bits per heavy atom. The van der Waals surface area contributed by atoms with Gasteiger partial charge in [0.05, 0.1) is 11.8 Å². The van der Waals surface area contributed by atoms with Crippen molar-refractivity contribution in [2.24, 2.45) is 10.1 Å². The van der Waals surface area contributed by atoms with Crippen LogP contribution in [0.3, 0.4) is 0 Å². The molecular weight excluding hydrogens is 363 g/mol. The molecule has 3 heterocycles. The van der Waals surface area contributed by atoms with Crippen LogP contribution in [0.4, 0.5) is 10.1 Å². The molecule has 1 aromatic heterocycles. The van der Waals surface area contributed by atoms with Gasteiger partial charge in [-0.05, 0) is 44.9 Å². The normalized spacial score (nSPS) is 21.4. The standard InChI is InChI=1S/C20H23FN4OS/c1-13-10-16(14(2)25(13)11-15-6-5-9-26-15)19-12-27-20(24-23-19)22-18-8-4-3-7-17(18)21/h3-4,7-8,10,15H,5-6,9,11-12H2,1-2H3,(H,22,24)/t15-/m0/s1. The Morgan fingerprint density at radius 3 is 2.93 bits per heavy atom. The Hall–Kier alpha value is -2.12. The van der Waals surface area contributed by atoms with E-state index in [0.717, 1.165) is 37.3 Å². The van der Waals surface area contributed by atoms with Crippen molar-refractivity contribution < 1.29 is 9.13 Å². The molecule has 1 fully saturated rings. The molecule has 2 aliphatic heterocycles. The Bertz CT molecular complexity index is 899. The van der Waals surface area contributed by atoms with Crippen LogP contribution in [0.25, 0.3) is 0 Å². The highest BCUT2D eigenvalue weighted by Gasteiger charge is 2.22. The van der Waals surface area contributed by atoms with Gasteiger partial charge in [0.1, 0.15) is 11.5 Å². The summed E-state index contributed by atoms with van der Waals surface area (Å²) in [7, 11) is 0. The number of nitrogens with one attached hydrogen (secondary N) is 1. The summed E-state index contributed by atoms with van der Waals surface area (Å²) in [6.07, 6.45) is 2.58. The number of para-hydroxylation sites is 1. The van der Waals surface area contributed by atoms with Gasteiger partial charge in [0.25, 0.3) is 0 Å². The molecule has 1 N–H and O–H groups in total. The Labute approximate surface area is 162 Å². The van der Waals surface area contributed by atoms with Gasteiger partial charge >= 0.3 is 0 Å². The van der Waals surface area contributed by atoms with Crippen molar-refractivity contribution in [1.82, 2.24) is 9.99 Å². The zero-order valence-electron chi connectivity index (χ0n) is 15.5. The molecule has 0 amide bonds. The number of aliphatic imine (C=N–C) groups is 1. The molecule has 0 aliphatic carbocycles. The maximum atomic E-state index is 13.8. The number of thioether (sulfide) groups is 1. The topological polar surface area (TPSA) is 50.9 Å². The minimum absolute atomic E-state index is 0.308. The first kappa shape index (κ1) is 18.3. The molecule has 2 aromatic rings. The van der Waals surface area contributed by atoms with Crippen LogP contribution < -0.4 is 5.43 Å². The minimum atomic E-state index is -0.333. The van der Waals surface area contributed by atoms with Gasteiger partial charge in [-0.1, -0.05) is 23.9 Å². The van der Waals surface area contributed by atoms with Crippen molar-refractivity contribution in [3.05, 3.63) is 53.1 Å². The molecule has 27 heavy (non-hydrogen) atoms. The van der Waals surface area contributed by atoms with Crippen molar-refractivity contribution in [2.75, 3.05) is 12.4 Å². The first-order valence-corrected chi connectivity index (χ1v) is 10.2. The quantitative estimate of drug-likeness (QED) is 0.859. The van der Waals surface area contributed by atoms with Crippen molar-refractivity contribution in [1.29, 1.82) is 0 Å². The molecule has 0 radical (unpaired) electrons. The molecule has 1 atom stereocenters. The first-order valence-electron chi connectivity index (χ1n) is 9.19. The fourth-order valence-corrected chi connectivity index (χ4v) is 4.30. The van der Waals surface area contributed by atoms with Crippen LogP contribution in [0.2, 0.25) is 0 Å². The van der Waals surface area contributed by atoms with E-state index in [1.807, 2.05) is 0 Å². The van der Waals surface area contributed by atoms with Gasteiger partial charge in [0, 0.05) is 35.9 Å². The van der Waals surface area contributed by atoms with Gasteiger partial charge < -0.3 is 9.30 Å². The molecule has 142 valence electrons. The van der Waals surface area contributed by atoms with Crippen molar-refractivity contribution >= 4 is 28.3 Å². The van der Waals surface area contributed by atoms with E-state index in [9.17, 15) is 4.39 Å². The number of aryl methyl sites for hydroxylation is 1. The third kappa shape index (κ3) is 3.94. The highest BCUT2D eigenvalue weighted by Crippen LogP contribution is 2.24. The monoisotopic (exact) mass is 386 g/mol. The summed E-state index contributed by atoms with van der Waals surface area (Å²) in [4.78, 5) is 4.32. The average molecular weight is 386 g/mol. The highest BCUT2D eigenvalue weighted by molar-refractivity contribution is 8.14. The molecule has 1 aromatic carbocycles. The van der Waals surface area contributed by atoms with Crippen molar-refractivity contribution in [3.63, 3.8) is 0 Å². The molecule has 0 unspecified atom stereocenters. The molecule has 4 rings (SSSR count). The smallest absolute Gasteiger partial charge is 0.182 e. The second-order valence-electron chi connectivity index (χ2n) is 6.86. The van der Waals surface area contributed by atoms with Gasteiger partial charge in [-0.25, -0.2) is 9.38 Å². The van der Waals surface area contributed by atoms with Crippen LogP contribution >= 0.6 is 11.8 Å². The van der Waals surface area contributed by atoms with E-state index in [1.165, 1.54) is 29.2 Å². The molecule has 0 saturated carbocycles. The van der Waals surface area contributed by atoms with E-state index in [2.05, 4.69) is 40.0 Å². The van der Waals surface area contributed by atoms with Crippen LogP contribution in [0.1, 0.15) is 29.8 Å². The second kappa shape index (κ2) is 7.86. The van der Waals surface area contributed by atoms with Gasteiger partial charge in [-0.15, -0.1) is 0 Å². The molecule has 0 bridgehead atoms. The maximum absolute atomic E-state index is 13.8. The van der Waals surface area contributed by atoms with E-state index < -0.39 is 0 Å². The zero-order valence-corrected chi connectivity index (χ0v) is 16.4. The van der Waals surface area contributed by atoms with Crippen LogP contribution in [0.15, 0.2) is 40.4 Å². The number of hydrogen-bond acceptors (Lipinski definition) is 4. The second-order valence-corrected chi connectivity index (χ2v) is 7.82. The lowest BCUT2D eigenvalue weighted by molar-refractivity contribution is 0.0962. The lowest BCUT2D eigenvalue weighted by atomic mass is 10.1.